The van der Waals surface area contributed by atoms with Gasteiger partial charge in [0.15, 0.2) is 5.82 Å². The van der Waals surface area contributed by atoms with Gasteiger partial charge in [-0.2, -0.15) is 10.1 Å². The van der Waals surface area contributed by atoms with E-state index in [2.05, 4.69) is 15.4 Å². The molecule has 0 aliphatic heterocycles. The molecule has 2 rings (SSSR count). The zero-order valence-electron chi connectivity index (χ0n) is 10.3. The smallest absolute Gasteiger partial charge is 0.220 e. The molecule has 0 amide bonds. The molecular weight excluding hydrogens is 216 g/mol. The monoisotopic (exact) mass is 232 g/mol. The molecule has 0 aliphatic carbocycles. The van der Waals surface area contributed by atoms with Gasteiger partial charge >= 0.3 is 0 Å². The molecule has 5 heteroatoms. The van der Waals surface area contributed by atoms with Crippen molar-refractivity contribution in [1.29, 1.82) is 0 Å². The molecule has 0 aliphatic rings. The van der Waals surface area contributed by atoms with E-state index in [1.54, 1.807) is 4.68 Å². The third-order valence-corrected chi connectivity index (χ3v) is 2.39. The molecule has 1 aromatic carbocycles. The number of rotatable bonds is 4. The number of nitrogens with zero attached hydrogens (tertiary/aromatic N) is 3. The van der Waals surface area contributed by atoms with Crippen LogP contribution in [0.25, 0.3) is 0 Å². The predicted octanol–water partition coefficient (Wildman–Crippen LogP) is 1.74. The van der Waals surface area contributed by atoms with Crippen molar-refractivity contribution in [1.82, 2.24) is 14.8 Å². The minimum absolute atomic E-state index is 0.374. The van der Waals surface area contributed by atoms with E-state index in [0.717, 1.165) is 11.7 Å². The molecule has 0 unspecified atom stereocenters. The van der Waals surface area contributed by atoms with Crippen molar-refractivity contribution in [2.45, 2.75) is 13.5 Å². The Kier molecular flexibility index (Phi) is 3.27. The van der Waals surface area contributed by atoms with Crippen molar-refractivity contribution in [3.05, 3.63) is 35.7 Å². The Morgan fingerprint density at radius 3 is 2.88 bits per heavy atom. The molecule has 5 nitrogen and oxygen atoms in total. The molecule has 0 atom stereocenters. The summed E-state index contributed by atoms with van der Waals surface area (Å²) in [7, 11) is 3.66. The van der Waals surface area contributed by atoms with E-state index in [4.69, 9.17) is 4.74 Å². The van der Waals surface area contributed by atoms with Gasteiger partial charge in [0.2, 0.25) is 5.95 Å². The minimum Gasteiger partial charge on any atom is -0.486 e. The molecule has 2 aromatic rings. The van der Waals surface area contributed by atoms with Gasteiger partial charge in [-0.25, -0.2) is 4.68 Å². The van der Waals surface area contributed by atoms with Gasteiger partial charge in [-0.15, -0.1) is 0 Å². The Morgan fingerprint density at radius 1 is 1.41 bits per heavy atom. The molecule has 17 heavy (non-hydrogen) atoms. The summed E-state index contributed by atoms with van der Waals surface area (Å²) in [6.45, 7) is 2.41. The highest BCUT2D eigenvalue weighted by Gasteiger charge is 2.05. The molecule has 0 radical (unpaired) electrons. The summed E-state index contributed by atoms with van der Waals surface area (Å²) < 4.78 is 7.31. The molecule has 0 saturated carbocycles. The van der Waals surface area contributed by atoms with Crippen molar-refractivity contribution in [2.75, 3.05) is 12.4 Å². The molecule has 0 saturated heterocycles. The van der Waals surface area contributed by atoms with Crippen molar-refractivity contribution < 1.29 is 4.74 Å². The van der Waals surface area contributed by atoms with Crippen molar-refractivity contribution in [3.8, 4) is 5.75 Å². The summed E-state index contributed by atoms with van der Waals surface area (Å²) in [5.74, 6) is 2.23. The summed E-state index contributed by atoms with van der Waals surface area (Å²) >= 11 is 0. The number of hydrogen-bond donors (Lipinski definition) is 1. The van der Waals surface area contributed by atoms with Crippen LogP contribution in [0.2, 0.25) is 0 Å². The highest BCUT2D eigenvalue weighted by molar-refractivity contribution is 5.27. The first kappa shape index (κ1) is 11.4. The number of aromatic nitrogens is 3. The molecule has 0 bridgehead atoms. The number of nitrogens with one attached hydrogen (secondary N) is 1. The van der Waals surface area contributed by atoms with E-state index >= 15 is 0 Å². The minimum atomic E-state index is 0.374. The summed E-state index contributed by atoms with van der Waals surface area (Å²) in [5, 5.41) is 7.19. The van der Waals surface area contributed by atoms with E-state index in [1.807, 2.05) is 45.3 Å². The summed E-state index contributed by atoms with van der Waals surface area (Å²) in [6, 6.07) is 7.91. The topological polar surface area (TPSA) is 52.0 Å². The fourth-order valence-electron chi connectivity index (χ4n) is 1.57. The highest BCUT2D eigenvalue weighted by atomic mass is 16.5. The lowest BCUT2D eigenvalue weighted by Gasteiger charge is -2.03. The fraction of sp³-hybridized carbons (Fsp3) is 0.333. The molecule has 90 valence electrons. The molecule has 1 heterocycles. The van der Waals surface area contributed by atoms with Crippen LogP contribution in [0.4, 0.5) is 5.95 Å². The second kappa shape index (κ2) is 4.86. The van der Waals surface area contributed by atoms with Crippen LogP contribution in [-0.2, 0) is 13.7 Å². The van der Waals surface area contributed by atoms with Gasteiger partial charge in [0.05, 0.1) is 0 Å². The Balaban J connectivity index is 2.02. The second-order valence-electron chi connectivity index (χ2n) is 3.83. The maximum atomic E-state index is 5.62. The average Bonchev–Trinajstić information content (AvgIpc) is 2.67. The Labute approximate surface area is 100 Å². The van der Waals surface area contributed by atoms with Crippen LogP contribution in [0.1, 0.15) is 11.4 Å². The van der Waals surface area contributed by atoms with Crippen LogP contribution in [-0.4, -0.2) is 21.8 Å². The predicted molar refractivity (Wildman–Crippen MR) is 66.1 cm³/mol. The average molecular weight is 232 g/mol. The fourth-order valence-corrected chi connectivity index (χ4v) is 1.57. The third kappa shape index (κ3) is 2.75. The zero-order valence-corrected chi connectivity index (χ0v) is 10.3. The standard InChI is InChI=1S/C12H16N4O/c1-9-5-4-6-10(7-9)17-8-11-14-12(13-2)16(3)15-11/h4-7H,8H2,1-3H3,(H,13,14,15). The number of hydrogen-bond acceptors (Lipinski definition) is 4. The van der Waals surface area contributed by atoms with Crippen molar-refractivity contribution >= 4 is 5.95 Å². The summed E-state index contributed by atoms with van der Waals surface area (Å²) in [4.78, 5) is 4.28. The van der Waals surface area contributed by atoms with Crippen molar-refractivity contribution in [3.63, 3.8) is 0 Å². The Bertz CT molecular complexity index is 507. The van der Waals surface area contributed by atoms with E-state index in [0.29, 0.717) is 12.4 Å². The number of anilines is 1. The Morgan fingerprint density at radius 2 is 2.24 bits per heavy atom. The first-order valence-electron chi connectivity index (χ1n) is 5.46. The highest BCUT2D eigenvalue weighted by Crippen LogP contribution is 2.14. The van der Waals surface area contributed by atoms with Crippen LogP contribution in [0.3, 0.4) is 0 Å². The van der Waals surface area contributed by atoms with Crippen LogP contribution < -0.4 is 10.1 Å². The van der Waals surface area contributed by atoms with E-state index < -0.39 is 0 Å². The summed E-state index contributed by atoms with van der Waals surface area (Å²) in [5.41, 5.74) is 1.17. The Hall–Kier alpha value is -2.04. The number of aryl methyl sites for hydroxylation is 2. The molecular formula is C12H16N4O. The van der Waals surface area contributed by atoms with Gasteiger partial charge in [-0.1, -0.05) is 12.1 Å². The maximum absolute atomic E-state index is 5.62. The van der Waals surface area contributed by atoms with Crippen LogP contribution >= 0.6 is 0 Å². The quantitative estimate of drug-likeness (QED) is 0.872. The largest absolute Gasteiger partial charge is 0.486 e. The van der Waals surface area contributed by atoms with Gasteiger partial charge in [0.25, 0.3) is 0 Å². The zero-order chi connectivity index (χ0) is 12.3. The van der Waals surface area contributed by atoms with E-state index in [9.17, 15) is 0 Å². The van der Waals surface area contributed by atoms with Gasteiger partial charge in [0.1, 0.15) is 12.4 Å². The second-order valence-corrected chi connectivity index (χ2v) is 3.83. The lowest BCUT2D eigenvalue weighted by molar-refractivity contribution is 0.295. The summed E-state index contributed by atoms with van der Waals surface area (Å²) in [6.07, 6.45) is 0. The van der Waals surface area contributed by atoms with Gasteiger partial charge < -0.3 is 10.1 Å². The van der Waals surface area contributed by atoms with Crippen LogP contribution in [0, 0.1) is 6.92 Å². The number of benzene rings is 1. The lowest BCUT2D eigenvalue weighted by atomic mass is 10.2. The molecule has 0 spiro atoms. The van der Waals surface area contributed by atoms with Gasteiger partial charge in [0, 0.05) is 14.1 Å². The lowest BCUT2D eigenvalue weighted by Crippen LogP contribution is -1.99. The maximum Gasteiger partial charge on any atom is 0.220 e. The molecule has 1 aromatic heterocycles. The molecule has 0 fully saturated rings. The normalized spacial score (nSPS) is 10.3. The van der Waals surface area contributed by atoms with Gasteiger partial charge in [-0.3, -0.25) is 0 Å². The SMILES string of the molecule is CNc1nc(COc2cccc(C)c2)nn1C. The first-order valence-corrected chi connectivity index (χ1v) is 5.46. The van der Waals surface area contributed by atoms with E-state index in [-0.39, 0.29) is 0 Å². The van der Waals surface area contributed by atoms with E-state index in [1.165, 1.54) is 5.56 Å². The third-order valence-electron chi connectivity index (χ3n) is 2.39. The number of ether oxygens (including phenoxy) is 1. The van der Waals surface area contributed by atoms with Gasteiger partial charge in [-0.05, 0) is 24.6 Å². The molecule has 1 N–H and O–H groups in total. The van der Waals surface area contributed by atoms with Crippen molar-refractivity contribution in [2.24, 2.45) is 7.05 Å². The van der Waals surface area contributed by atoms with Crippen LogP contribution in [0.5, 0.6) is 5.75 Å². The first-order chi connectivity index (χ1) is 8.19. The van der Waals surface area contributed by atoms with Crippen LogP contribution in [0.15, 0.2) is 24.3 Å².